The Bertz CT molecular complexity index is 894. The summed E-state index contributed by atoms with van der Waals surface area (Å²) in [6.45, 7) is 3.47. The van der Waals surface area contributed by atoms with Crippen LogP contribution in [0.2, 0.25) is 0 Å². The highest BCUT2D eigenvalue weighted by atomic mass is 79.9. The molecule has 0 radical (unpaired) electrons. The van der Waals surface area contributed by atoms with E-state index in [9.17, 15) is 4.79 Å². The average Bonchev–Trinajstić information content (AvgIpc) is 2.81. The number of fused-ring (bicyclic) bond motifs is 2. The molecule has 0 saturated carbocycles. The number of likely N-dealkylation sites (tertiary alicyclic amines) is 1. The molecular formula is C21H22Br2N2O. The number of hydrogen-bond donors (Lipinski definition) is 0. The van der Waals surface area contributed by atoms with Gasteiger partial charge in [-0.3, -0.25) is 9.78 Å². The summed E-state index contributed by atoms with van der Waals surface area (Å²) in [7, 11) is 0. The van der Waals surface area contributed by atoms with E-state index in [0.29, 0.717) is 19.0 Å². The minimum absolute atomic E-state index is 0.241. The van der Waals surface area contributed by atoms with Crippen LogP contribution in [0.15, 0.2) is 33.3 Å². The molecule has 0 bridgehead atoms. The van der Waals surface area contributed by atoms with Gasteiger partial charge in [-0.25, -0.2) is 0 Å². The SMILES string of the molecule is [3H]C(=O)N1CCC([C@@H]2c3ccc(C)c(Br)c3CCc3cc(Br)cnc32)CC1. The summed E-state index contributed by atoms with van der Waals surface area (Å²) in [6.07, 6.45) is 5.16. The standard InChI is InChI=1S/C21H22Br2N2O/c1-13-2-4-17-18(20(13)23)5-3-15-10-16(22)11-24-21(15)19(17)14-6-8-25(12-26)9-7-14/h2,4,10-12,14,19H,3,5-9H2,1H3/t19-/m1/s1/i12T. The van der Waals surface area contributed by atoms with Crippen LogP contribution in [0.4, 0.5) is 0 Å². The van der Waals surface area contributed by atoms with Gasteiger partial charge in [0, 0.05) is 34.1 Å². The molecule has 0 N–H and O–H groups in total. The summed E-state index contributed by atoms with van der Waals surface area (Å²) in [4.78, 5) is 17.9. The van der Waals surface area contributed by atoms with Crippen LogP contribution in [0.1, 0.15) is 48.1 Å². The first-order chi connectivity index (χ1) is 13.0. The number of halogens is 2. The van der Waals surface area contributed by atoms with Crippen LogP contribution in [0, 0.1) is 12.8 Å². The summed E-state index contributed by atoms with van der Waals surface area (Å²) in [5, 5.41) is 0. The molecule has 26 heavy (non-hydrogen) atoms. The van der Waals surface area contributed by atoms with Gasteiger partial charge in [-0.2, -0.15) is 0 Å². The van der Waals surface area contributed by atoms with Gasteiger partial charge in [0.15, 0.2) is 0 Å². The lowest BCUT2D eigenvalue weighted by Crippen LogP contribution is -2.35. The maximum absolute atomic E-state index is 11.4. The Morgan fingerprint density at radius 2 is 2.04 bits per heavy atom. The number of aryl methyl sites for hydroxylation is 2. The first kappa shape index (κ1) is 16.9. The van der Waals surface area contributed by atoms with E-state index in [1.54, 1.807) is 4.90 Å². The van der Waals surface area contributed by atoms with Gasteiger partial charge < -0.3 is 4.90 Å². The van der Waals surface area contributed by atoms with Gasteiger partial charge in [0.25, 0.3) is 0 Å². The fourth-order valence-electron chi connectivity index (χ4n) is 4.48. The number of benzene rings is 1. The van der Waals surface area contributed by atoms with Crippen molar-refractivity contribution in [1.82, 2.24) is 9.88 Å². The molecule has 0 spiro atoms. The highest BCUT2D eigenvalue weighted by molar-refractivity contribution is 9.10. The highest BCUT2D eigenvalue weighted by Gasteiger charge is 2.34. The lowest BCUT2D eigenvalue weighted by atomic mass is 9.76. The van der Waals surface area contributed by atoms with E-state index >= 15 is 0 Å². The third-order valence-electron chi connectivity index (χ3n) is 5.85. The maximum Gasteiger partial charge on any atom is 0.209 e. The normalized spacial score (nSPS) is 20.8. The van der Waals surface area contributed by atoms with Crippen molar-refractivity contribution in [3.8, 4) is 0 Å². The zero-order chi connectivity index (χ0) is 19.1. The molecule has 2 heterocycles. The van der Waals surface area contributed by atoms with Crippen molar-refractivity contribution in [3.63, 3.8) is 0 Å². The van der Waals surface area contributed by atoms with E-state index in [4.69, 9.17) is 6.35 Å². The van der Waals surface area contributed by atoms with Crippen LogP contribution in [0.25, 0.3) is 0 Å². The highest BCUT2D eigenvalue weighted by Crippen LogP contribution is 2.44. The van der Waals surface area contributed by atoms with Crippen LogP contribution in [-0.2, 0) is 17.6 Å². The fourth-order valence-corrected chi connectivity index (χ4v) is 5.42. The Hall–Kier alpha value is -1.20. The first-order valence-electron chi connectivity index (χ1n) is 9.63. The van der Waals surface area contributed by atoms with Gasteiger partial charge in [0.05, 0.1) is 5.69 Å². The number of hydrogen-bond acceptors (Lipinski definition) is 2. The number of piperidine rings is 1. The first-order valence-corrected chi connectivity index (χ1v) is 10.7. The smallest absolute Gasteiger partial charge is 0.209 e. The van der Waals surface area contributed by atoms with Crippen molar-refractivity contribution in [2.75, 3.05) is 13.1 Å². The molecule has 136 valence electrons. The summed E-state index contributed by atoms with van der Waals surface area (Å²) < 4.78 is 9.63. The van der Waals surface area contributed by atoms with Gasteiger partial charge in [-0.1, -0.05) is 28.1 Å². The molecule has 0 unspecified atom stereocenters. The number of carbonyl (C=O) groups excluding carboxylic acids is 1. The lowest BCUT2D eigenvalue weighted by molar-refractivity contribution is -0.119. The largest absolute Gasteiger partial charge is 0.345 e. The molecule has 1 saturated heterocycles. The summed E-state index contributed by atoms with van der Waals surface area (Å²) in [6, 6.07) is 6.69. The Labute approximate surface area is 172 Å². The summed E-state index contributed by atoms with van der Waals surface area (Å²) in [5.74, 6) is 0.671. The third kappa shape index (κ3) is 3.24. The van der Waals surface area contributed by atoms with Crippen LogP contribution >= 0.6 is 31.9 Å². The summed E-state index contributed by atoms with van der Waals surface area (Å²) >= 11 is 7.41. The maximum atomic E-state index is 11.4. The second-order valence-electron chi connectivity index (χ2n) is 7.36. The molecule has 1 aromatic heterocycles. The number of rotatable bonds is 1. The molecule has 2 aromatic rings. The quantitative estimate of drug-likeness (QED) is 0.538. The van der Waals surface area contributed by atoms with E-state index in [0.717, 1.165) is 30.2 Å². The molecule has 3 nitrogen and oxygen atoms in total. The van der Waals surface area contributed by atoms with Crippen molar-refractivity contribution in [2.45, 2.75) is 38.5 Å². The number of carbonyl (C=O) groups is 1. The molecule has 1 atom stereocenters. The van der Waals surface area contributed by atoms with Gasteiger partial charge in [-0.05, 0) is 82.8 Å². The van der Waals surface area contributed by atoms with E-state index in [-0.39, 0.29) is 5.92 Å². The Balaban J connectivity index is 1.79. The van der Waals surface area contributed by atoms with E-state index in [2.05, 4.69) is 57.0 Å². The number of pyridine rings is 1. The Morgan fingerprint density at radius 1 is 1.27 bits per heavy atom. The molecule has 1 aromatic carbocycles. The molecule has 1 amide bonds. The predicted molar refractivity (Wildman–Crippen MR) is 110 cm³/mol. The molecule has 2 aliphatic rings. The molecule has 5 heteroatoms. The third-order valence-corrected chi connectivity index (χ3v) is 7.39. The van der Waals surface area contributed by atoms with E-state index < -0.39 is 6.39 Å². The zero-order valence-corrected chi connectivity index (χ0v) is 17.9. The van der Waals surface area contributed by atoms with Crippen molar-refractivity contribution < 1.29 is 6.17 Å². The minimum atomic E-state index is -0.560. The number of aromatic nitrogens is 1. The van der Waals surface area contributed by atoms with Crippen LogP contribution < -0.4 is 0 Å². The Kier molecular flexibility index (Phi) is 4.84. The predicted octanol–water partition coefficient (Wildman–Crippen LogP) is 5.01. The number of nitrogens with zero attached hydrogens (tertiary/aromatic N) is 2. The zero-order valence-electron chi connectivity index (χ0n) is 15.8. The van der Waals surface area contributed by atoms with Gasteiger partial charge >= 0.3 is 0 Å². The molecule has 4 rings (SSSR count). The topological polar surface area (TPSA) is 33.2 Å². The van der Waals surface area contributed by atoms with E-state index in [1.165, 1.54) is 32.4 Å². The van der Waals surface area contributed by atoms with Crippen molar-refractivity contribution in [2.24, 2.45) is 5.92 Å². The minimum Gasteiger partial charge on any atom is -0.345 e. The van der Waals surface area contributed by atoms with Crippen molar-refractivity contribution >= 4 is 38.2 Å². The summed E-state index contributed by atoms with van der Waals surface area (Å²) in [5.41, 5.74) is 6.53. The van der Waals surface area contributed by atoms with Crippen molar-refractivity contribution in [1.29, 1.82) is 0 Å². The lowest BCUT2D eigenvalue weighted by Gasteiger charge is -2.35. The Morgan fingerprint density at radius 3 is 2.77 bits per heavy atom. The van der Waals surface area contributed by atoms with Crippen LogP contribution in [0.3, 0.4) is 0 Å². The van der Waals surface area contributed by atoms with Gasteiger partial charge in [0.2, 0.25) is 6.39 Å². The number of amides is 1. The van der Waals surface area contributed by atoms with Gasteiger partial charge in [-0.15, -0.1) is 0 Å². The molecular weight excluding hydrogens is 456 g/mol. The second-order valence-corrected chi connectivity index (χ2v) is 9.06. The molecule has 1 fully saturated rings. The molecule has 1 aliphatic heterocycles. The second kappa shape index (κ2) is 7.43. The van der Waals surface area contributed by atoms with Crippen LogP contribution in [0.5, 0.6) is 0 Å². The van der Waals surface area contributed by atoms with Crippen LogP contribution in [-0.4, -0.2) is 29.4 Å². The molecule has 1 aliphatic carbocycles. The fraction of sp³-hybridized carbons (Fsp3) is 0.429. The monoisotopic (exact) mass is 478 g/mol. The average molecular weight is 480 g/mol. The van der Waals surface area contributed by atoms with Crippen molar-refractivity contribution in [3.05, 3.63) is 61.3 Å². The van der Waals surface area contributed by atoms with E-state index in [1.807, 2.05) is 6.20 Å². The van der Waals surface area contributed by atoms with Gasteiger partial charge in [0.1, 0.15) is 1.37 Å².